The van der Waals surface area contributed by atoms with Crippen molar-refractivity contribution in [3.63, 3.8) is 0 Å². The third-order valence-electron chi connectivity index (χ3n) is 5.12. The molecule has 1 fully saturated rings. The molecule has 0 amide bonds. The lowest BCUT2D eigenvalue weighted by molar-refractivity contribution is -0.383. The van der Waals surface area contributed by atoms with Gasteiger partial charge in [-0.1, -0.05) is 18.2 Å². The lowest BCUT2D eigenvalue weighted by atomic mass is 10.1. The minimum Gasteiger partial charge on any atom is -0.327 e. The molecule has 1 saturated heterocycles. The molecule has 2 aromatic carbocycles. The molecule has 5 nitrogen and oxygen atoms in total. The summed E-state index contributed by atoms with van der Waals surface area (Å²) in [5.41, 5.74) is 6.54. The first-order valence-electron chi connectivity index (χ1n) is 7.96. The van der Waals surface area contributed by atoms with Gasteiger partial charge >= 0.3 is 0 Å². The van der Waals surface area contributed by atoms with Crippen LogP contribution in [-0.4, -0.2) is 16.5 Å². The van der Waals surface area contributed by atoms with Crippen LogP contribution in [0.3, 0.4) is 0 Å². The normalized spacial score (nSPS) is 18.4. The number of nitro groups is 1. The second-order valence-electron chi connectivity index (χ2n) is 6.43. The molecule has 2 bridgehead atoms. The maximum absolute atomic E-state index is 11.3. The highest BCUT2D eigenvalue weighted by Gasteiger charge is 2.37. The average Bonchev–Trinajstić information content (AvgIpc) is 3.24. The first-order chi connectivity index (χ1) is 11.6. The molecule has 1 aliphatic carbocycles. The van der Waals surface area contributed by atoms with Crippen LogP contribution in [0, 0.1) is 10.1 Å². The van der Waals surface area contributed by atoms with E-state index in [2.05, 4.69) is 29.0 Å². The van der Waals surface area contributed by atoms with Crippen LogP contribution in [0.1, 0.15) is 13.3 Å². The zero-order valence-electron chi connectivity index (χ0n) is 13.2. The Balaban J connectivity index is 1.65. The number of rotatable bonds is 2. The fraction of sp³-hybridized carbons (Fsp3) is 0.158. The maximum atomic E-state index is 11.3. The number of non-ortho nitro benzene ring substituents is 1. The van der Waals surface area contributed by atoms with Crippen LogP contribution in [0.2, 0.25) is 0 Å². The van der Waals surface area contributed by atoms with Crippen molar-refractivity contribution < 1.29 is 4.92 Å². The van der Waals surface area contributed by atoms with Crippen LogP contribution in [0.5, 0.6) is 0 Å². The SMILES string of the molecule is CC1=C2CC(=C1)N1CN(c3ccc([N+](=O)[O-])c4ccccc34)C=C21. The van der Waals surface area contributed by atoms with Crippen molar-refractivity contribution in [3.8, 4) is 0 Å². The highest BCUT2D eigenvalue weighted by molar-refractivity contribution is 6.00. The van der Waals surface area contributed by atoms with Gasteiger partial charge in [0.05, 0.1) is 28.4 Å². The highest BCUT2D eigenvalue weighted by Crippen LogP contribution is 2.47. The monoisotopic (exact) mass is 317 g/mol. The summed E-state index contributed by atoms with van der Waals surface area (Å²) >= 11 is 0. The van der Waals surface area contributed by atoms with E-state index in [1.165, 1.54) is 22.5 Å². The predicted molar refractivity (Wildman–Crippen MR) is 93.3 cm³/mol. The summed E-state index contributed by atoms with van der Waals surface area (Å²) in [7, 11) is 0. The predicted octanol–water partition coefficient (Wildman–Crippen LogP) is 4.29. The van der Waals surface area contributed by atoms with Gasteiger partial charge < -0.3 is 9.80 Å². The van der Waals surface area contributed by atoms with E-state index in [4.69, 9.17) is 0 Å². The fourth-order valence-electron chi connectivity index (χ4n) is 3.97. The molecule has 0 saturated carbocycles. The third kappa shape index (κ3) is 1.64. The molecule has 0 aromatic heterocycles. The number of anilines is 1. The summed E-state index contributed by atoms with van der Waals surface area (Å²) in [6.07, 6.45) is 5.46. The van der Waals surface area contributed by atoms with Crippen LogP contribution in [0.15, 0.2) is 71.2 Å². The molecule has 0 radical (unpaired) electrons. The number of benzene rings is 2. The quantitative estimate of drug-likeness (QED) is 0.612. The first-order valence-corrected chi connectivity index (χ1v) is 7.96. The number of hydrogen-bond donors (Lipinski definition) is 0. The second kappa shape index (κ2) is 4.47. The van der Waals surface area contributed by atoms with Crippen molar-refractivity contribution in [3.05, 3.63) is 81.3 Å². The Hall–Kier alpha value is -3.08. The summed E-state index contributed by atoms with van der Waals surface area (Å²) < 4.78 is 0. The van der Waals surface area contributed by atoms with E-state index in [9.17, 15) is 10.1 Å². The van der Waals surface area contributed by atoms with Crippen LogP contribution < -0.4 is 4.90 Å². The Bertz CT molecular complexity index is 1020. The minimum atomic E-state index is -0.313. The molecule has 0 N–H and O–H groups in total. The van der Waals surface area contributed by atoms with Crippen molar-refractivity contribution in [1.29, 1.82) is 0 Å². The van der Waals surface area contributed by atoms with Crippen LogP contribution in [0.4, 0.5) is 11.4 Å². The molecule has 0 atom stereocenters. The van der Waals surface area contributed by atoms with Gasteiger partial charge in [0.25, 0.3) is 5.69 Å². The summed E-state index contributed by atoms with van der Waals surface area (Å²) in [6.45, 7) is 2.92. The van der Waals surface area contributed by atoms with Gasteiger partial charge in [0, 0.05) is 29.8 Å². The topological polar surface area (TPSA) is 49.6 Å². The van der Waals surface area contributed by atoms with Gasteiger partial charge in [-0.2, -0.15) is 0 Å². The molecule has 3 aliphatic rings. The lowest BCUT2D eigenvalue weighted by Gasteiger charge is -2.23. The summed E-state index contributed by atoms with van der Waals surface area (Å²) in [4.78, 5) is 15.5. The molecule has 24 heavy (non-hydrogen) atoms. The summed E-state index contributed by atoms with van der Waals surface area (Å²) in [5, 5.41) is 12.9. The zero-order valence-corrected chi connectivity index (χ0v) is 13.2. The van der Waals surface area contributed by atoms with E-state index in [1.54, 1.807) is 6.07 Å². The Morgan fingerprint density at radius 1 is 1.12 bits per heavy atom. The number of hydrogen-bond acceptors (Lipinski definition) is 4. The van der Waals surface area contributed by atoms with Crippen molar-refractivity contribution in [2.24, 2.45) is 0 Å². The summed E-state index contributed by atoms with van der Waals surface area (Å²) in [5.74, 6) is 0. The van der Waals surface area contributed by atoms with E-state index >= 15 is 0 Å². The molecule has 5 heteroatoms. The molecule has 2 aliphatic heterocycles. The molecule has 2 heterocycles. The van der Waals surface area contributed by atoms with Crippen LogP contribution in [0.25, 0.3) is 10.8 Å². The zero-order chi connectivity index (χ0) is 16.4. The van der Waals surface area contributed by atoms with Crippen LogP contribution >= 0.6 is 0 Å². The van der Waals surface area contributed by atoms with Crippen molar-refractivity contribution in [1.82, 2.24) is 4.90 Å². The Morgan fingerprint density at radius 3 is 2.71 bits per heavy atom. The Kier molecular flexibility index (Phi) is 2.49. The minimum absolute atomic E-state index is 0.156. The van der Waals surface area contributed by atoms with Gasteiger partial charge in [-0.15, -0.1) is 0 Å². The molecule has 5 rings (SSSR count). The van der Waals surface area contributed by atoms with Crippen molar-refractivity contribution >= 4 is 22.1 Å². The van der Waals surface area contributed by atoms with Gasteiger partial charge in [-0.05, 0) is 36.3 Å². The van der Waals surface area contributed by atoms with E-state index < -0.39 is 0 Å². The van der Waals surface area contributed by atoms with Gasteiger partial charge in [0.15, 0.2) is 0 Å². The van der Waals surface area contributed by atoms with E-state index in [0.717, 1.165) is 24.2 Å². The molecular weight excluding hydrogens is 302 g/mol. The number of nitro benzene ring substituents is 1. The number of allylic oxidation sites excluding steroid dienone is 4. The smallest absolute Gasteiger partial charge is 0.277 e. The van der Waals surface area contributed by atoms with E-state index in [0.29, 0.717) is 5.39 Å². The average molecular weight is 317 g/mol. The van der Waals surface area contributed by atoms with Crippen LogP contribution in [-0.2, 0) is 0 Å². The second-order valence-corrected chi connectivity index (χ2v) is 6.43. The fourth-order valence-corrected chi connectivity index (χ4v) is 3.97. The molecule has 2 aromatic rings. The molecule has 0 spiro atoms. The van der Waals surface area contributed by atoms with Gasteiger partial charge in [-0.3, -0.25) is 10.1 Å². The molecular formula is C19H15N3O2. The largest absolute Gasteiger partial charge is 0.327 e. The van der Waals surface area contributed by atoms with Gasteiger partial charge in [0.1, 0.15) is 0 Å². The maximum Gasteiger partial charge on any atom is 0.277 e. The number of fused-ring (bicyclic) bond motifs is 6. The van der Waals surface area contributed by atoms with Gasteiger partial charge in [-0.25, -0.2) is 0 Å². The molecule has 118 valence electrons. The number of nitrogens with zero attached hydrogens (tertiary/aromatic N) is 3. The van der Waals surface area contributed by atoms with Gasteiger partial charge in [0.2, 0.25) is 0 Å². The molecule has 0 unspecified atom stereocenters. The van der Waals surface area contributed by atoms with E-state index in [1.807, 2.05) is 30.3 Å². The third-order valence-corrected chi connectivity index (χ3v) is 5.12. The Morgan fingerprint density at radius 2 is 1.92 bits per heavy atom. The Labute approximate surface area is 138 Å². The first kappa shape index (κ1) is 13.4. The summed E-state index contributed by atoms with van der Waals surface area (Å²) in [6, 6.07) is 11.0. The standard InChI is InChI=1S/C19H15N3O2/c1-12-8-13-9-16(12)19-10-20(11-21(13)19)17-6-7-18(22(23)24)15-5-3-2-4-14(15)17/h2-8,10H,9,11H2,1H3. The highest BCUT2D eigenvalue weighted by atomic mass is 16.6. The van der Waals surface area contributed by atoms with E-state index in [-0.39, 0.29) is 10.6 Å². The van der Waals surface area contributed by atoms with Crippen molar-refractivity contribution in [2.75, 3.05) is 11.6 Å². The lowest BCUT2D eigenvalue weighted by Crippen LogP contribution is -2.24. The van der Waals surface area contributed by atoms with Crippen molar-refractivity contribution in [2.45, 2.75) is 13.3 Å².